The van der Waals surface area contributed by atoms with Crippen LogP contribution in [0, 0.1) is 0 Å². The molecule has 7 nitrogen and oxygen atoms in total. The Bertz CT molecular complexity index is 980. The molecule has 7 heteroatoms. The van der Waals surface area contributed by atoms with Crippen LogP contribution in [-0.2, 0) is 22.7 Å². The van der Waals surface area contributed by atoms with E-state index >= 15 is 0 Å². The van der Waals surface area contributed by atoms with E-state index in [9.17, 15) is 9.59 Å². The third kappa shape index (κ3) is 3.93. The number of nitrogens with zero attached hydrogens (tertiary/aromatic N) is 3. The molecular weight excluding hydrogens is 346 g/mol. The molecule has 0 aliphatic carbocycles. The van der Waals surface area contributed by atoms with Crippen molar-refractivity contribution in [3.05, 3.63) is 64.9 Å². The number of carbonyl (C=O) groups is 1. The topological polar surface area (TPSA) is 77.6 Å². The normalized spacial score (nSPS) is 17.3. The Balaban J connectivity index is 1.39. The first-order chi connectivity index (χ1) is 13.2. The maximum Gasteiger partial charge on any atom is 0.420 e. The van der Waals surface area contributed by atoms with Gasteiger partial charge in [-0.2, -0.15) is 0 Å². The highest BCUT2D eigenvalue weighted by molar-refractivity contribution is 5.79. The second kappa shape index (κ2) is 7.75. The van der Waals surface area contributed by atoms with Gasteiger partial charge in [-0.05, 0) is 37.1 Å². The average molecular weight is 367 g/mol. The molecule has 27 heavy (non-hydrogen) atoms. The number of benzene rings is 1. The van der Waals surface area contributed by atoms with Gasteiger partial charge >= 0.3 is 5.76 Å². The first-order valence-electron chi connectivity index (χ1n) is 9.08. The number of pyridine rings is 1. The third-order valence-corrected chi connectivity index (χ3v) is 4.79. The van der Waals surface area contributed by atoms with E-state index in [1.807, 2.05) is 24.3 Å². The van der Waals surface area contributed by atoms with Crippen LogP contribution in [0.4, 0.5) is 0 Å². The van der Waals surface area contributed by atoms with Crippen molar-refractivity contribution in [1.29, 1.82) is 0 Å². The smallest absolute Gasteiger partial charge is 0.408 e. The summed E-state index contributed by atoms with van der Waals surface area (Å²) in [5, 5.41) is 0. The Hall–Kier alpha value is -2.93. The molecule has 1 aliphatic heterocycles. The average Bonchev–Trinajstić information content (AvgIpc) is 3.03. The van der Waals surface area contributed by atoms with Gasteiger partial charge in [0, 0.05) is 19.3 Å². The molecule has 0 bridgehead atoms. The van der Waals surface area contributed by atoms with Crippen LogP contribution in [0.5, 0.6) is 0 Å². The van der Waals surface area contributed by atoms with Crippen molar-refractivity contribution in [2.75, 3.05) is 13.1 Å². The van der Waals surface area contributed by atoms with E-state index in [-0.39, 0.29) is 18.6 Å². The Morgan fingerprint density at radius 2 is 2.07 bits per heavy atom. The lowest BCUT2D eigenvalue weighted by Crippen LogP contribution is -2.45. The maximum atomic E-state index is 12.7. The fourth-order valence-corrected chi connectivity index (χ4v) is 3.39. The molecule has 1 saturated heterocycles. The van der Waals surface area contributed by atoms with Gasteiger partial charge in [0.05, 0.1) is 23.9 Å². The number of hydrogen-bond donors (Lipinski definition) is 0. The van der Waals surface area contributed by atoms with Gasteiger partial charge in [0.2, 0.25) is 5.91 Å². The number of piperidine rings is 1. The van der Waals surface area contributed by atoms with Gasteiger partial charge in [-0.25, -0.2) is 4.79 Å². The van der Waals surface area contributed by atoms with Crippen molar-refractivity contribution in [2.24, 2.45) is 0 Å². The van der Waals surface area contributed by atoms with Crippen molar-refractivity contribution in [1.82, 2.24) is 14.5 Å². The molecule has 1 fully saturated rings. The molecule has 1 aliphatic rings. The third-order valence-electron chi connectivity index (χ3n) is 4.79. The predicted molar refractivity (Wildman–Crippen MR) is 99.1 cm³/mol. The molecule has 1 aromatic carbocycles. The SMILES string of the molecule is O=C(Cn1c(=O)oc2ccccc21)N1CCC[C@@H](OCc2ccccn2)C1. The number of oxazole rings is 1. The lowest BCUT2D eigenvalue weighted by Gasteiger charge is -2.32. The standard InChI is InChI=1S/C20H21N3O4/c24-19(13-23-17-8-1-2-9-18(17)27-20(23)25)22-11-5-7-16(12-22)26-14-15-6-3-4-10-21-15/h1-4,6,8-10,16H,5,7,11-14H2/t16-/m1/s1. The summed E-state index contributed by atoms with van der Waals surface area (Å²) in [4.78, 5) is 30.8. The minimum absolute atomic E-state index is 0.0250. The van der Waals surface area contributed by atoms with Gasteiger partial charge < -0.3 is 14.1 Å². The zero-order valence-corrected chi connectivity index (χ0v) is 14.9. The molecule has 1 amide bonds. The van der Waals surface area contributed by atoms with Crippen LogP contribution in [0.2, 0.25) is 0 Å². The zero-order chi connectivity index (χ0) is 18.6. The number of fused-ring (bicyclic) bond motifs is 1. The van der Waals surface area contributed by atoms with E-state index in [1.54, 1.807) is 29.3 Å². The lowest BCUT2D eigenvalue weighted by molar-refractivity contribution is -0.136. The summed E-state index contributed by atoms with van der Waals surface area (Å²) in [7, 11) is 0. The Kier molecular flexibility index (Phi) is 5.02. The monoisotopic (exact) mass is 367 g/mol. The van der Waals surface area contributed by atoms with Gasteiger partial charge in [0.1, 0.15) is 6.54 Å². The van der Waals surface area contributed by atoms with Crippen LogP contribution < -0.4 is 5.76 Å². The van der Waals surface area contributed by atoms with E-state index < -0.39 is 5.76 Å². The number of amides is 1. The summed E-state index contributed by atoms with van der Waals surface area (Å²) in [5.41, 5.74) is 2.00. The first-order valence-corrected chi connectivity index (χ1v) is 9.08. The number of carbonyl (C=O) groups excluding carboxylic acids is 1. The fourth-order valence-electron chi connectivity index (χ4n) is 3.39. The molecule has 0 unspecified atom stereocenters. The highest BCUT2D eigenvalue weighted by Gasteiger charge is 2.25. The maximum absolute atomic E-state index is 12.7. The van der Waals surface area contributed by atoms with E-state index in [4.69, 9.17) is 9.15 Å². The molecule has 0 saturated carbocycles. The van der Waals surface area contributed by atoms with E-state index in [2.05, 4.69) is 4.98 Å². The van der Waals surface area contributed by atoms with Crippen LogP contribution in [0.1, 0.15) is 18.5 Å². The van der Waals surface area contributed by atoms with E-state index in [0.717, 1.165) is 18.5 Å². The highest BCUT2D eigenvalue weighted by atomic mass is 16.5. The van der Waals surface area contributed by atoms with Crippen LogP contribution in [0.25, 0.3) is 11.1 Å². The van der Waals surface area contributed by atoms with Crippen LogP contribution in [0.3, 0.4) is 0 Å². The van der Waals surface area contributed by atoms with Gasteiger partial charge in [-0.1, -0.05) is 18.2 Å². The van der Waals surface area contributed by atoms with Crippen LogP contribution >= 0.6 is 0 Å². The first kappa shape index (κ1) is 17.5. The van der Waals surface area contributed by atoms with Crippen molar-refractivity contribution in [3.8, 4) is 0 Å². The van der Waals surface area contributed by atoms with Gasteiger partial charge in [0.15, 0.2) is 5.58 Å². The fraction of sp³-hybridized carbons (Fsp3) is 0.350. The molecular formula is C20H21N3O4. The molecule has 2 aromatic heterocycles. The van der Waals surface area contributed by atoms with Crippen LogP contribution in [0.15, 0.2) is 57.9 Å². The quantitative estimate of drug-likeness (QED) is 0.691. The molecule has 0 spiro atoms. The summed E-state index contributed by atoms with van der Waals surface area (Å²) >= 11 is 0. The zero-order valence-electron chi connectivity index (χ0n) is 14.9. The number of rotatable bonds is 5. The number of hydrogen-bond acceptors (Lipinski definition) is 5. The van der Waals surface area contributed by atoms with Gasteiger partial charge in [-0.15, -0.1) is 0 Å². The minimum Gasteiger partial charge on any atom is -0.408 e. The Morgan fingerprint density at radius 3 is 2.93 bits per heavy atom. The highest BCUT2D eigenvalue weighted by Crippen LogP contribution is 2.17. The summed E-state index contributed by atoms with van der Waals surface area (Å²) < 4.78 is 12.5. The molecule has 3 aromatic rings. The molecule has 3 heterocycles. The Labute approximate surface area is 156 Å². The number of para-hydroxylation sites is 2. The summed E-state index contributed by atoms with van der Waals surface area (Å²) in [5.74, 6) is -0.612. The summed E-state index contributed by atoms with van der Waals surface area (Å²) in [6.45, 7) is 1.60. The number of aromatic nitrogens is 2. The van der Waals surface area contributed by atoms with E-state index in [1.165, 1.54) is 4.57 Å². The molecule has 0 radical (unpaired) electrons. The second-order valence-corrected chi connectivity index (χ2v) is 6.66. The predicted octanol–water partition coefficient (Wildman–Crippen LogP) is 2.20. The van der Waals surface area contributed by atoms with Gasteiger partial charge in [-0.3, -0.25) is 14.3 Å². The molecule has 0 N–H and O–H groups in total. The minimum atomic E-state index is -0.510. The summed E-state index contributed by atoms with van der Waals surface area (Å²) in [6, 6.07) is 12.8. The Morgan fingerprint density at radius 1 is 1.22 bits per heavy atom. The van der Waals surface area contributed by atoms with Gasteiger partial charge in [0.25, 0.3) is 0 Å². The van der Waals surface area contributed by atoms with E-state index in [0.29, 0.717) is 30.8 Å². The molecule has 4 rings (SSSR count). The molecule has 140 valence electrons. The largest absolute Gasteiger partial charge is 0.420 e. The molecule has 1 atom stereocenters. The summed E-state index contributed by atoms with van der Waals surface area (Å²) in [6.07, 6.45) is 3.50. The van der Waals surface area contributed by atoms with Crippen molar-refractivity contribution in [2.45, 2.75) is 32.1 Å². The van der Waals surface area contributed by atoms with Crippen molar-refractivity contribution in [3.63, 3.8) is 0 Å². The van der Waals surface area contributed by atoms with Crippen molar-refractivity contribution < 1.29 is 13.9 Å². The number of ether oxygens (including phenoxy) is 1. The lowest BCUT2D eigenvalue weighted by atomic mass is 10.1. The van der Waals surface area contributed by atoms with Crippen molar-refractivity contribution >= 4 is 17.0 Å². The van der Waals surface area contributed by atoms with Crippen LogP contribution in [-0.4, -0.2) is 39.6 Å². The second-order valence-electron chi connectivity index (χ2n) is 6.66. The number of likely N-dealkylation sites (tertiary alicyclic amines) is 1.